The monoisotopic (exact) mass is 413 g/mol. The SMILES string of the molecule is c1ccc(-c2cccc(Oc3ccc4c5ccccc5n(-c5ccccn5)c4c3)c2)nc1. The van der Waals surface area contributed by atoms with Crippen LogP contribution in [0.1, 0.15) is 0 Å². The molecule has 0 saturated carbocycles. The van der Waals surface area contributed by atoms with Crippen molar-refractivity contribution in [3.63, 3.8) is 0 Å². The maximum Gasteiger partial charge on any atom is 0.137 e. The summed E-state index contributed by atoms with van der Waals surface area (Å²) in [5.41, 5.74) is 4.12. The summed E-state index contributed by atoms with van der Waals surface area (Å²) in [7, 11) is 0. The lowest BCUT2D eigenvalue weighted by atomic mass is 10.1. The molecule has 0 aliphatic carbocycles. The molecule has 4 heteroatoms. The molecule has 0 radical (unpaired) electrons. The van der Waals surface area contributed by atoms with Gasteiger partial charge in [-0.15, -0.1) is 0 Å². The first-order valence-electron chi connectivity index (χ1n) is 10.5. The maximum atomic E-state index is 6.27. The van der Waals surface area contributed by atoms with E-state index in [2.05, 4.69) is 50.9 Å². The van der Waals surface area contributed by atoms with Crippen LogP contribution in [0.4, 0.5) is 0 Å². The Morgan fingerprint density at radius 3 is 2.19 bits per heavy atom. The average Bonchev–Trinajstić information content (AvgIpc) is 3.19. The van der Waals surface area contributed by atoms with Crippen molar-refractivity contribution in [3.8, 4) is 28.6 Å². The highest BCUT2D eigenvalue weighted by Gasteiger charge is 2.13. The van der Waals surface area contributed by atoms with E-state index in [9.17, 15) is 0 Å². The number of hydrogen-bond acceptors (Lipinski definition) is 3. The van der Waals surface area contributed by atoms with E-state index < -0.39 is 0 Å². The zero-order valence-electron chi connectivity index (χ0n) is 17.2. The van der Waals surface area contributed by atoms with Gasteiger partial charge in [0.05, 0.1) is 16.7 Å². The molecule has 3 aromatic heterocycles. The van der Waals surface area contributed by atoms with Crippen molar-refractivity contribution in [2.75, 3.05) is 0 Å². The first-order chi connectivity index (χ1) is 15.9. The Hall–Kier alpha value is -4.44. The van der Waals surface area contributed by atoms with Crippen LogP contribution in [-0.2, 0) is 0 Å². The summed E-state index contributed by atoms with van der Waals surface area (Å²) in [6.45, 7) is 0. The fourth-order valence-corrected chi connectivity index (χ4v) is 4.14. The molecule has 0 atom stereocenters. The summed E-state index contributed by atoms with van der Waals surface area (Å²) >= 11 is 0. The van der Waals surface area contributed by atoms with Crippen LogP contribution in [0.5, 0.6) is 11.5 Å². The van der Waals surface area contributed by atoms with Gasteiger partial charge in [-0.25, -0.2) is 4.98 Å². The number of aromatic nitrogens is 3. The second-order valence-electron chi connectivity index (χ2n) is 7.56. The molecule has 6 aromatic rings. The van der Waals surface area contributed by atoms with E-state index in [0.717, 1.165) is 39.6 Å². The summed E-state index contributed by atoms with van der Waals surface area (Å²) in [6, 6.07) is 34.5. The van der Waals surface area contributed by atoms with Crippen LogP contribution in [0.3, 0.4) is 0 Å². The molecular formula is C28H19N3O. The van der Waals surface area contributed by atoms with Gasteiger partial charge in [-0.1, -0.05) is 42.5 Å². The number of hydrogen-bond donors (Lipinski definition) is 0. The summed E-state index contributed by atoms with van der Waals surface area (Å²) in [6.07, 6.45) is 3.62. The van der Waals surface area contributed by atoms with Gasteiger partial charge < -0.3 is 4.74 Å². The fourth-order valence-electron chi connectivity index (χ4n) is 4.14. The van der Waals surface area contributed by atoms with Gasteiger partial charge in [0, 0.05) is 34.8 Å². The van der Waals surface area contributed by atoms with Crippen molar-refractivity contribution in [3.05, 3.63) is 116 Å². The Labute approximate surface area is 185 Å². The van der Waals surface area contributed by atoms with Crippen molar-refractivity contribution in [2.24, 2.45) is 0 Å². The number of para-hydroxylation sites is 1. The summed E-state index contributed by atoms with van der Waals surface area (Å²) in [4.78, 5) is 9.04. The minimum Gasteiger partial charge on any atom is -0.457 e. The van der Waals surface area contributed by atoms with Crippen molar-refractivity contribution in [2.45, 2.75) is 0 Å². The normalized spacial score (nSPS) is 11.1. The molecule has 0 unspecified atom stereocenters. The maximum absolute atomic E-state index is 6.27. The average molecular weight is 413 g/mol. The molecule has 0 aliphatic rings. The van der Waals surface area contributed by atoms with Crippen molar-refractivity contribution >= 4 is 21.8 Å². The van der Waals surface area contributed by atoms with E-state index in [4.69, 9.17) is 4.74 Å². The molecule has 3 heterocycles. The molecule has 3 aromatic carbocycles. The second kappa shape index (κ2) is 7.67. The Kier molecular flexibility index (Phi) is 4.40. The highest BCUT2D eigenvalue weighted by Crippen LogP contribution is 2.35. The molecule has 0 bridgehead atoms. The van der Waals surface area contributed by atoms with Gasteiger partial charge in [0.1, 0.15) is 17.3 Å². The van der Waals surface area contributed by atoms with E-state index >= 15 is 0 Å². The van der Waals surface area contributed by atoms with E-state index in [1.807, 2.05) is 72.9 Å². The van der Waals surface area contributed by atoms with Crippen LogP contribution >= 0.6 is 0 Å². The molecule has 0 aliphatic heterocycles. The molecule has 4 nitrogen and oxygen atoms in total. The summed E-state index contributed by atoms with van der Waals surface area (Å²) in [5.74, 6) is 2.43. The molecule has 32 heavy (non-hydrogen) atoms. The summed E-state index contributed by atoms with van der Waals surface area (Å²) in [5, 5.41) is 2.36. The first kappa shape index (κ1) is 18.3. The predicted octanol–water partition coefficient (Wildman–Crippen LogP) is 7.03. The van der Waals surface area contributed by atoms with E-state index in [0.29, 0.717) is 0 Å². The smallest absolute Gasteiger partial charge is 0.137 e. The molecule has 0 spiro atoms. The summed E-state index contributed by atoms with van der Waals surface area (Å²) < 4.78 is 8.46. The van der Waals surface area contributed by atoms with Gasteiger partial charge >= 0.3 is 0 Å². The standard InChI is InChI=1S/C28H19N3O/c1-2-12-26-23(10-1)24-15-14-22(19-27(24)31(26)28-13-4-6-17-30-28)32-21-9-7-8-20(18-21)25-11-3-5-16-29-25/h1-19H. The second-order valence-corrected chi connectivity index (χ2v) is 7.56. The molecule has 0 N–H and O–H groups in total. The number of nitrogens with zero attached hydrogens (tertiary/aromatic N) is 3. The van der Waals surface area contributed by atoms with Crippen LogP contribution in [-0.4, -0.2) is 14.5 Å². The molecule has 0 amide bonds. The van der Waals surface area contributed by atoms with Crippen LogP contribution in [0.15, 0.2) is 116 Å². The number of rotatable bonds is 4. The number of benzene rings is 3. The van der Waals surface area contributed by atoms with Gasteiger partial charge in [-0.2, -0.15) is 0 Å². The van der Waals surface area contributed by atoms with E-state index in [1.165, 1.54) is 10.8 Å². The Balaban J connectivity index is 1.46. The highest BCUT2D eigenvalue weighted by molar-refractivity contribution is 6.09. The Bertz CT molecular complexity index is 1540. The zero-order valence-corrected chi connectivity index (χ0v) is 17.2. The molecular weight excluding hydrogens is 394 g/mol. The molecule has 0 fully saturated rings. The van der Waals surface area contributed by atoms with Gasteiger partial charge in [0.2, 0.25) is 0 Å². The lowest BCUT2D eigenvalue weighted by Crippen LogP contribution is -1.96. The van der Waals surface area contributed by atoms with Crippen molar-refractivity contribution in [1.29, 1.82) is 0 Å². The first-order valence-corrected chi connectivity index (χ1v) is 10.5. The quantitative estimate of drug-likeness (QED) is 0.311. The Morgan fingerprint density at radius 1 is 0.562 bits per heavy atom. The number of ether oxygens (including phenoxy) is 1. The van der Waals surface area contributed by atoms with Crippen molar-refractivity contribution in [1.82, 2.24) is 14.5 Å². The fraction of sp³-hybridized carbons (Fsp3) is 0. The Morgan fingerprint density at radius 2 is 1.34 bits per heavy atom. The number of pyridine rings is 2. The minimum atomic E-state index is 0.771. The third-order valence-electron chi connectivity index (χ3n) is 5.55. The van der Waals surface area contributed by atoms with Gasteiger partial charge in [0.15, 0.2) is 0 Å². The molecule has 6 rings (SSSR count). The van der Waals surface area contributed by atoms with Gasteiger partial charge in [-0.3, -0.25) is 9.55 Å². The van der Waals surface area contributed by atoms with Gasteiger partial charge in [0.25, 0.3) is 0 Å². The minimum absolute atomic E-state index is 0.771. The topological polar surface area (TPSA) is 39.9 Å². The van der Waals surface area contributed by atoms with Crippen LogP contribution in [0.25, 0.3) is 38.9 Å². The lowest BCUT2D eigenvalue weighted by Gasteiger charge is -2.10. The highest BCUT2D eigenvalue weighted by atomic mass is 16.5. The molecule has 152 valence electrons. The number of fused-ring (bicyclic) bond motifs is 3. The van der Waals surface area contributed by atoms with Crippen molar-refractivity contribution < 1.29 is 4.74 Å². The van der Waals surface area contributed by atoms with E-state index in [-0.39, 0.29) is 0 Å². The lowest BCUT2D eigenvalue weighted by molar-refractivity contribution is 0.483. The van der Waals surface area contributed by atoms with Gasteiger partial charge in [-0.05, 0) is 54.6 Å². The largest absolute Gasteiger partial charge is 0.457 e. The van der Waals surface area contributed by atoms with Crippen LogP contribution < -0.4 is 4.74 Å². The van der Waals surface area contributed by atoms with Crippen LogP contribution in [0, 0.1) is 0 Å². The third kappa shape index (κ3) is 3.19. The third-order valence-corrected chi connectivity index (χ3v) is 5.55. The molecule has 0 saturated heterocycles. The zero-order chi connectivity index (χ0) is 21.3. The van der Waals surface area contributed by atoms with Crippen LogP contribution in [0.2, 0.25) is 0 Å². The predicted molar refractivity (Wildman–Crippen MR) is 128 cm³/mol. The van der Waals surface area contributed by atoms with E-state index in [1.54, 1.807) is 6.20 Å².